The lowest BCUT2D eigenvalue weighted by atomic mass is 10.1. The summed E-state index contributed by atoms with van der Waals surface area (Å²) in [7, 11) is 1.23. The Labute approximate surface area is 90.8 Å². The van der Waals surface area contributed by atoms with Crippen LogP contribution in [0.4, 0.5) is 5.69 Å². The smallest absolute Gasteiger partial charge is 0.310 e. The van der Waals surface area contributed by atoms with Crippen LogP contribution < -0.4 is 0 Å². The zero-order valence-electron chi connectivity index (χ0n) is 7.90. The number of hydrogen-bond donors (Lipinski definition) is 0. The highest BCUT2D eigenvalue weighted by Gasteiger charge is 2.16. The van der Waals surface area contributed by atoms with Gasteiger partial charge in [-0.3, -0.25) is 14.9 Å². The van der Waals surface area contributed by atoms with E-state index in [0.717, 1.165) is 0 Å². The zero-order valence-corrected chi connectivity index (χ0v) is 8.65. The molecule has 0 aliphatic carbocycles. The van der Waals surface area contributed by atoms with Crippen molar-refractivity contribution >= 4 is 23.3 Å². The molecule has 0 aliphatic heterocycles. The molecule has 0 atom stereocenters. The number of rotatable bonds is 3. The van der Waals surface area contributed by atoms with Crippen molar-refractivity contribution in [2.24, 2.45) is 0 Å². The van der Waals surface area contributed by atoms with E-state index >= 15 is 0 Å². The Morgan fingerprint density at radius 2 is 2.27 bits per heavy atom. The van der Waals surface area contributed by atoms with E-state index in [4.69, 9.17) is 11.6 Å². The second-order valence-electron chi connectivity index (χ2n) is 2.78. The van der Waals surface area contributed by atoms with Crippen LogP contribution in [0.2, 0.25) is 5.02 Å². The molecule has 0 fully saturated rings. The number of nitro benzene ring substituents is 1. The molecule has 5 nitrogen and oxygen atoms in total. The molecule has 0 heterocycles. The third-order valence-electron chi connectivity index (χ3n) is 1.81. The first-order valence-electron chi connectivity index (χ1n) is 4.04. The molecule has 0 amide bonds. The predicted molar refractivity (Wildman–Crippen MR) is 53.8 cm³/mol. The minimum atomic E-state index is -0.579. The summed E-state index contributed by atoms with van der Waals surface area (Å²) in [5.41, 5.74) is 0.115. The minimum absolute atomic E-state index is 0.135. The number of ether oxygens (including phenoxy) is 1. The van der Waals surface area contributed by atoms with Crippen LogP contribution in [0, 0.1) is 10.1 Å². The first-order valence-corrected chi connectivity index (χ1v) is 4.42. The van der Waals surface area contributed by atoms with Crippen LogP contribution in [-0.2, 0) is 16.0 Å². The predicted octanol–water partition coefficient (Wildman–Crippen LogP) is 1.96. The fourth-order valence-electron chi connectivity index (χ4n) is 1.08. The maximum absolute atomic E-state index is 11.0. The fourth-order valence-corrected chi connectivity index (χ4v) is 1.25. The average Bonchev–Trinajstić information content (AvgIpc) is 2.20. The molecule has 80 valence electrons. The number of methoxy groups -OCH3 is 1. The van der Waals surface area contributed by atoms with E-state index in [1.54, 1.807) is 0 Å². The van der Waals surface area contributed by atoms with Gasteiger partial charge < -0.3 is 4.74 Å². The van der Waals surface area contributed by atoms with Gasteiger partial charge in [0.1, 0.15) is 0 Å². The monoisotopic (exact) mass is 229 g/mol. The number of halogens is 1. The van der Waals surface area contributed by atoms with Gasteiger partial charge in [-0.2, -0.15) is 0 Å². The van der Waals surface area contributed by atoms with Crippen molar-refractivity contribution < 1.29 is 14.5 Å². The summed E-state index contributed by atoms with van der Waals surface area (Å²) in [5, 5.41) is 10.9. The van der Waals surface area contributed by atoms with Gasteiger partial charge in [0.25, 0.3) is 5.69 Å². The average molecular weight is 230 g/mol. The van der Waals surface area contributed by atoms with E-state index in [0.29, 0.717) is 0 Å². The van der Waals surface area contributed by atoms with Crippen molar-refractivity contribution in [3.05, 3.63) is 38.9 Å². The maximum atomic E-state index is 11.0. The Hall–Kier alpha value is -1.62. The lowest BCUT2D eigenvalue weighted by Crippen LogP contribution is -2.06. The molecule has 0 aromatic heterocycles. The number of carbonyl (C=O) groups is 1. The quantitative estimate of drug-likeness (QED) is 0.451. The van der Waals surface area contributed by atoms with Gasteiger partial charge in [-0.1, -0.05) is 17.7 Å². The van der Waals surface area contributed by atoms with E-state index in [2.05, 4.69) is 4.74 Å². The Kier molecular flexibility index (Phi) is 3.62. The second-order valence-corrected chi connectivity index (χ2v) is 3.22. The van der Waals surface area contributed by atoms with Crippen molar-refractivity contribution in [2.45, 2.75) is 6.42 Å². The largest absolute Gasteiger partial charge is 0.469 e. The third kappa shape index (κ3) is 2.92. The first-order chi connectivity index (χ1) is 7.04. The molecule has 0 unspecified atom stereocenters. The third-order valence-corrected chi connectivity index (χ3v) is 2.04. The molecular formula is C9H8ClNO4. The lowest BCUT2D eigenvalue weighted by molar-refractivity contribution is -0.385. The van der Waals surface area contributed by atoms with Crippen molar-refractivity contribution in [1.82, 2.24) is 0 Å². The van der Waals surface area contributed by atoms with Gasteiger partial charge in [-0.05, 0) is 6.07 Å². The number of nitro groups is 1. The summed E-state index contributed by atoms with van der Waals surface area (Å²) in [6.45, 7) is 0. The molecule has 0 radical (unpaired) electrons. The van der Waals surface area contributed by atoms with E-state index in [1.807, 2.05) is 0 Å². The molecule has 1 aromatic rings. The van der Waals surface area contributed by atoms with Crippen LogP contribution in [-0.4, -0.2) is 18.0 Å². The van der Waals surface area contributed by atoms with Crippen LogP contribution in [0.3, 0.4) is 0 Å². The molecule has 0 aliphatic rings. The number of esters is 1. The summed E-state index contributed by atoms with van der Waals surface area (Å²) >= 11 is 5.61. The number of nitrogens with zero attached hydrogens (tertiary/aromatic N) is 1. The molecule has 0 bridgehead atoms. The minimum Gasteiger partial charge on any atom is -0.469 e. The Bertz CT molecular complexity index is 405. The number of hydrogen-bond acceptors (Lipinski definition) is 4. The molecule has 15 heavy (non-hydrogen) atoms. The summed E-state index contributed by atoms with van der Waals surface area (Å²) < 4.78 is 4.42. The van der Waals surface area contributed by atoms with Crippen molar-refractivity contribution in [3.63, 3.8) is 0 Å². The second kappa shape index (κ2) is 4.75. The standard InChI is InChI=1S/C9H8ClNO4/c1-15-9(12)4-6-2-3-7(10)5-8(6)11(13)14/h2-3,5H,4H2,1H3. The Morgan fingerprint density at radius 3 is 2.80 bits per heavy atom. The van der Waals surface area contributed by atoms with Crippen LogP contribution in [0.1, 0.15) is 5.56 Å². The van der Waals surface area contributed by atoms with Gasteiger partial charge in [-0.15, -0.1) is 0 Å². The molecule has 0 spiro atoms. The van der Waals surface area contributed by atoms with Crippen molar-refractivity contribution in [3.8, 4) is 0 Å². The molecule has 0 N–H and O–H groups in total. The van der Waals surface area contributed by atoms with Crippen LogP contribution in [0.15, 0.2) is 18.2 Å². The SMILES string of the molecule is COC(=O)Cc1ccc(Cl)cc1[N+](=O)[O-]. The highest BCUT2D eigenvalue weighted by Crippen LogP contribution is 2.23. The van der Waals surface area contributed by atoms with E-state index in [9.17, 15) is 14.9 Å². The molecule has 1 aromatic carbocycles. The highest BCUT2D eigenvalue weighted by molar-refractivity contribution is 6.30. The van der Waals surface area contributed by atoms with Crippen LogP contribution in [0.25, 0.3) is 0 Å². The topological polar surface area (TPSA) is 69.4 Å². The van der Waals surface area contributed by atoms with Gasteiger partial charge in [0.05, 0.1) is 18.5 Å². The van der Waals surface area contributed by atoms with E-state index in [-0.39, 0.29) is 22.7 Å². The normalized spacial score (nSPS) is 9.73. The van der Waals surface area contributed by atoms with E-state index in [1.165, 1.54) is 25.3 Å². The fraction of sp³-hybridized carbons (Fsp3) is 0.222. The molecular weight excluding hydrogens is 222 g/mol. The van der Waals surface area contributed by atoms with Crippen molar-refractivity contribution in [1.29, 1.82) is 0 Å². The summed E-state index contributed by atoms with van der Waals surface area (Å²) in [4.78, 5) is 21.0. The molecule has 0 saturated carbocycles. The summed E-state index contributed by atoms with van der Waals surface area (Å²) in [5.74, 6) is -0.527. The summed E-state index contributed by atoms with van der Waals surface area (Å²) in [6, 6.07) is 4.14. The maximum Gasteiger partial charge on any atom is 0.310 e. The molecule has 6 heteroatoms. The van der Waals surface area contributed by atoms with Gasteiger partial charge >= 0.3 is 5.97 Å². The Morgan fingerprint density at radius 1 is 1.60 bits per heavy atom. The zero-order chi connectivity index (χ0) is 11.4. The highest BCUT2D eigenvalue weighted by atomic mass is 35.5. The Balaban J connectivity index is 3.06. The van der Waals surface area contributed by atoms with Crippen LogP contribution in [0.5, 0.6) is 0 Å². The lowest BCUT2D eigenvalue weighted by Gasteiger charge is -2.01. The van der Waals surface area contributed by atoms with Gasteiger partial charge in [-0.25, -0.2) is 0 Å². The van der Waals surface area contributed by atoms with Gasteiger partial charge in [0.2, 0.25) is 0 Å². The van der Waals surface area contributed by atoms with Gasteiger partial charge in [0, 0.05) is 16.7 Å². The van der Waals surface area contributed by atoms with Crippen LogP contribution >= 0.6 is 11.6 Å². The number of carbonyl (C=O) groups excluding carboxylic acids is 1. The number of benzene rings is 1. The molecule has 1 rings (SSSR count). The van der Waals surface area contributed by atoms with Gasteiger partial charge in [0.15, 0.2) is 0 Å². The molecule has 0 saturated heterocycles. The van der Waals surface area contributed by atoms with Crippen molar-refractivity contribution in [2.75, 3.05) is 7.11 Å². The van der Waals surface area contributed by atoms with E-state index < -0.39 is 10.9 Å². The first kappa shape index (κ1) is 11.5. The summed E-state index contributed by atoms with van der Waals surface area (Å²) in [6.07, 6.45) is -0.135.